The number of hydrogen-bond donors (Lipinski definition) is 2. The Labute approximate surface area is 143 Å². The van der Waals surface area contributed by atoms with Crippen LogP contribution in [0.1, 0.15) is 30.4 Å². The predicted octanol–water partition coefficient (Wildman–Crippen LogP) is 3.02. The van der Waals surface area contributed by atoms with E-state index in [9.17, 15) is 4.79 Å². The van der Waals surface area contributed by atoms with Gasteiger partial charge in [0, 0.05) is 12.1 Å². The highest BCUT2D eigenvalue weighted by atomic mass is 16.5. The number of amides is 1. The Morgan fingerprint density at radius 1 is 1.08 bits per heavy atom. The number of para-hydroxylation sites is 1. The summed E-state index contributed by atoms with van der Waals surface area (Å²) in [5.74, 6) is 0.894. The van der Waals surface area contributed by atoms with Crippen molar-refractivity contribution in [2.45, 2.75) is 38.5 Å². The van der Waals surface area contributed by atoms with Gasteiger partial charge in [-0.1, -0.05) is 55.0 Å². The zero-order valence-electron chi connectivity index (χ0n) is 13.8. The number of benzene rings is 2. The van der Waals surface area contributed by atoms with Gasteiger partial charge >= 0.3 is 0 Å². The quantitative estimate of drug-likeness (QED) is 0.859. The molecule has 0 spiro atoms. The Hall–Kier alpha value is -2.33. The molecule has 1 saturated heterocycles. The van der Waals surface area contributed by atoms with E-state index >= 15 is 0 Å². The van der Waals surface area contributed by atoms with E-state index in [1.165, 1.54) is 0 Å². The molecule has 3 rings (SSSR count). The zero-order valence-corrected chi connectivity index (χ0v) is 13.8. The van der Waals surface area contributed by atoms with E-state index in [-0.39, 0.29) is 11.9 Å². The molecule has 24 heavy (non-hydrogen) atoms. The molecular formula is C20H24N2O2. The molecular weight excluding hydrogens is 300 g/mol. The molecule has 1 fully saturated rings. The third-order valence-electron chi connectivity index (χ3n) is 4.29. The minimum absolute atomic E-state index is 0.0591. The molecule has 0 saturated carbocycles. The van der Waals surface area contributed by atoms with E-state index in [1.807, 2.05) is 54.6 Å². The van der Waals surface area contributed by atoms with Crippen molar-refractivity contribution in [3.8, 4) is 5.75 Å². The molecule has 1 aliphatic heterocycles. The number of ether oxygens (including phenoxy) is 1. The zero-order chi connectivity index (χ0) is 16.6. The maximum absolute atomic E-state index is 12.2. The van der Waals surface area contributed by atoms with Crippen molar-refractivity contribution >= 4 is 5.91 Å². The largest absolute Gasteiger partial charge is 0.489 e. The van der Waals surface area contributed by atoms with E-state index in [0.29, 0.717) is 13.2 Å². The van der Waals surface area contributed by atoms with Gasteiger partial charge in [0.2, 0.25) is 5.91 Å². The molecule has 126 valence electrons. The topological polar surface area (TPSA) is 50.4 Å². The third kappa shape index (κ3) is 4.59. The number of hydrogen-bond acceptors (Lipinski definition) is 3. The Bertz CT molecular complexity index is 652. The van der Waals surface area contributed by atoms with Gasteiger partial charge in [-0.25, -0.2) is 0 Å². The van der Waals surface area contributed by atoms with Crippen LogP contribution in [0.2, 0.25) is 0 Å². The average molecular weight is 324 g/mol. The van der Waals surface area contributed by atoms with E-state index < -0.39 is 0 Å². The molecule has 1 atom stereocenters. The molecule has 0 aromatic heterocycles. The summed E-state index contributed by atoms with van der Waals surface area (Å²) in [6.07, 6.45) is 3.18. The van der Waals surface area contributed by atoms with Gasteiger partial charge in [-0.2, -0.15) is 0 Å². The smallest absolute Gasteiger partial charge is 0.237 e. The lowest BCUT2D eigenvalue weighted by Gasteiger charge is -2.22. The summed E-state index contributed by atoms with van der Waals surface area (Å²) in [5.41, 5.74) is 2.13. The first-order chi connectivity index (χ1) is 11.8. The highest BCUT2D eigenvalue weighted by Crippen LogP contribution is 2.19. The molecule has 4 nitrogen and oxygen atoms in total. The van der Waals surface area contributed by atoms with Gasteiger partial charge in [0.15, 0.2) is 0 Å². The second-order valence-corrected chi connectivity index (χ2v) is 6.10. The molecule has 0 unspecified atom stereocenters. The van der Waals surface area contributed by atoms with Gasteiger partial charge in [-0.05, 0) is 31.0 Å². The van der Waals surface area contributed by atoms with Crippen LogP contribution in [0.5, 0.6) is 5.75 Å². The van der Waals surface area contributed by atoms with Gasteiger partial charge in [0.25, 0.3) is 0 Å². The molecule has 4 heteroatoms. The first-order valence-corrected chi connectivity index (χ1v) is 8.58. The maximum Gasteiger partial charge on any atom is 0.237 e. The molecule has 0 aliphatic carbocycles. The fraction of sp³-hybridized carbons (Fsp3) is 0.350. The van der Waals surface area contributed by atoms with Crippen molar-refractivity contribution in [3.05, 3.63) is 65.7 Å². The number of carbonyl (C=O) groups is 1. The molecule has 2 aromatic rings. The number of nitrogens with one attached hydrogen (secondary N) is 2. The predicted molar refractivity (Wildman–Crippen MR) is 94.7 cm³/mol. The molecule has 0 radical (unpaired) electrons. The monoisotopic (exact) mass is 324 g/mol. The number of rotatable bonds is 6. The molecule has 0 bridgehead atoms. The summed E-state index contributed by atoms with van der Waals surface area (Å²) in [6, 6.07) is 17.9. The second kappa shape index (κ2) is 8.50. The minimum atomic E-state index is -0.0591. The summed E-state index contributed by atoms with van der Waals surface area (Å²) in [4.78, 5) is 12.2. The first kappa shape index (κ1) is 16.5. The normalized spacial score (nSPS) is 17.2. The second-order valence-electron chi connectivity index (χ2n) is 6.10. The van der Waals surface area contributed by atoms with Crippen molar-refractivity contribution in [2.24, 2.45) is 0 Å². The van der Waals surface area contributed by atoms with Crippen LogP contribution in [-0.4, -0.2) is 18.5 Å². The highest BCUT2D eigenvalue weighted by Gasteiger charge is 2.20. The van der Waals surface area contributed by atoms with Crippen LogP contribution in [0.15, 0.2) is 54.6 Å². The summed E-state index contributed by atoms with van der Waals surface area (Å²) in [7, 11) is 0. The average Bonchev–Trinajstić information content (AvgIpc) is 2.66. The fourth-order valence-electron chi connectivity index (χ4n) is 2.91. The number of carbonyl (C=O) groups excluding carboxylic acids is 1. The van der Waals surface area contributed by atoms with Crippen LogP contribution in [0.3, 0.4) is 0 Å². The molecule has 1 heterocycles. The van der Waals surface area contributed by atoms with Crippen LogP contribution in [-0.2, 0) is 17.9 Å². The van der Waals surface area contributed by atoms with Gasteiger partial charge in [-0.15, -0.1) is 0 Å². The van der Waals surface area contributed by atoms with E-state index in [4.69, 9.17) is 4.74 Å². The lowest BCUT2D eigenvalue weighted by molar-refractivity contribution is -0.123. The lowest BCUT2D eigenvalue weighted by atomic mass is 10.0. The van der Waals surface area contributed by atoms with Crippen molar-refractivity contribution < 1.29 is 9.53 Å². The minimum Gasteiger partial charge on any atom is -0.489 e. The molecule has 2 aromatic carbocycles. The highest BCUT2D eigenvalue weighted by molar-refractivity contribution is 5.81. The van der Waals surface area contributed by atoms with Crippen LogP contribution in [0.25, 0.3) is 0 Å². The Balaban J connectivity index is 1.56. The Morgan fingerprint density at radius 2 is 1.88 bits per heavy atom. The van der Waals surface area contributed by atoms with Gasteiger partial charge in [0.05, 0.1) is 6.04 Å². The summed E-state index contributed by atoms with van der Waals surface area (Å²) >= 11 is 0. The SMILES string of the molecule is O=C(NCc1ccccc1OCc1ccccc1)[C@@H]1CCCCN1. The Kier molecular flexibility index (Phi) is 5.85. The summed E-state index contributed by atoms with van der Waals surface area (Å²) in [5, 5.41) is 6.30. The van der Waals surface area contributed by atoms with E-state index in [1.54, 1.807) is 0 Å². The molecule has 2 N–H and O–H groups in total. The van der Waals surface area contributed by atoms with Crippen LogP contribution in [0, 0.1) is 0 Å². The van der Waals surface area contributed by atoms with Crippen molar-refractivity contribution in [3.63, 3.8) is 0 Å². The van der Waals surface area contributed by atoms with E-state index in [0.717, 1.165) is 42.7 Å². The first-order valence-electron chi connectivity index (χ1n) is 8.58. The van der Waals surface area contributed by atoms with Crippen LogP contribution in [0.4, 0.5) is 0 Å². The molecule has 1 amide bonds. The van der Waals surface area contributed by atoms with Crippen LogP contribution >= 0.6 is 0 Å². The van der Waals surface area contributed by atoms with Crippen LogP contribution < -0.4 is 15.4 Å². The van der Waals surface area contributed by atoms with Crippen molar-refractivity contribution in [1.82, 2.24) is 10.6 Å². The van der Waals surface area contributed by atoms with Crippen molar-refractivity contribution in [1.29, 1.82) is 0 Å². The van der Waals surface area contributed by atoms with E-state index in [2.05, 4.69) is 10.6 Å². The van der Waals surface area contributed by atoms with Gasteiger partial charge in [-0.3, -0.25) is 4.79 Å². The standard InChI is InChI=1S/C20H24N2O2/c23-20(18-11-6-7-13-21-18)22-14-17-10-4-5-12-19(17)24-15-16-8-2-1-3-9-16/h1-5,8-10,12,18,21H,6-7,11,13-15H2,(H,22,23)/t18-/m0/s1. The Morgan fingerprint density at radius 3 is 2.67 bits per heavy atom. The lowest BCUT2D eigenvalue weighted by Crippen LogP contribution is -2.46. The molecule has 1 aliphatic rings. The summed E-state index contributed by atoms with van der Waals surface area (Å²) in [6.45, 7) is 1.94. The fourth-order valence-corrected chi connectivity index (χ4v) is 2.91. The number of piperidine rings is 1. The maximum atomic E-state index is 12.2. The van der Waals surface area contributed by atoms with Crippen molar-refractivity contribution in [2.75, 3.05) is 6.54 Å². The van der Waals surface area contributed by atoms with Gasteiger partial charge < -0.3 is 15.4 Å². The summed E-state index contributed by atoms with van der Waals surface area (Å²) < 4.78 is 5.93. The van der Waals surface area contributed by atoms with Gasteiger partial charge in [0.1, 0.15) is 12.4 Å². The third-order valence-corrected chi connectivity index (χ3v) is 4.29.